The molecule has 2 fully saturated rings. The van der Waals surface area contributed by atoms with Crippen LogP contribution in [0.1, 0.15) is 24.3 Å². The minimum absolute atomic E-state index is 0.419. The number of morpholine rings is 1. The molecule has 2 N–H and O–H groups in total. The molecule has 2 aliphatic rings. The summed E-state index contributed by atoms with van der Waals surface area (Å²) >= 11 is 6.26. The van der Waals surface area contributed by atoms with Crippen molar-refractivity contribution in [2.24, 2.45) is 0 Å². The third-order valence-corrected chi connectivity index (χ3v) is 6.91. The van der Waals surface area contributed by atoms with Crippen LogP contribution in [0.15, 0.2) is 42.6 Å². The Morgan fingerprint density at radius 2 is 1.97 bits per heavy atom. The van der Waals surface area contributed by atoms with E-state index in [4.69, 9.17) is 26.3 Å². The van der Waals surface area contributed by atoms with Gasteiger partial charge in [-0.25, -0.2) is 4.98 Å². The minimum atomic E-state index is 0.419. The fraction of sp³-hybridized carbons (Fsp3) is 0.360. The summed E-state index contributed by atoms with van der Waals surface area (Å²) in [5.74, 6) is 1.30. The van der Waals surface area contributed by atoms with E-state index in [1.54, 1.807) is 0 Å². The Morgan fingerprint density at radius 3 is 2.81 bits per heavy atom. The predicted molar refractivity (Wildman–Crippen MR) is 130 cm³/mol. The zero-order valence-corrected chi connectivity index (χ0v) is 18.7. The van der Waals surface area contributed by atoms with Crippen molar-refractivity contribution in [1.82, 2.24) is 20.3 Å². The lowest BCUT2D eigenvalue weighted by atomic mass is 9.86. The van der Waals surface area contributed by atoms with Gasteiger partial charge in [0.1, 0.15) is 5.82 Å². The maximum atomic E-state index is 6.26. The Balaban J connectivity index is 1.47. The maximum Gasteiger partial charge on any atom is 0.140 e. The van der Waals surface area contributed by atoms with Gasteiger partial charge in [0.15, 0.2) is 0 Å². The van der Waals surface area contributed by atoms with E-state index in [1.807, 2.05) is 18.3 Å². The predicted octanol–water partition coefficient (Wildman–Crippen LogP) is 4.74. The number of imidazole rings is 1. The fourth-order valence-corrected chi connectivity index (χ4v) is 5.22. The molecule has 2 aromatic heterocycles. The fourth-order valence-electron chi connectivity index (χ4n) is 5.06. The SMILES string of the molecule is Clc1ccc2c(C3CCCNC3)c(-c3nc4ccc(N5CCOCC5)cc4[nH]3)cnc2c1. The van der Waals surface area contributed by atoms with Crippen LogP contribution in [0.2, 0.25) is 5.02 Å². The van der Waals surface area contributed by atoms with E-state index in [0.29, 0.717) is 10.9 Å². The number of pyridine rings is 1. The minimum Gasteiger partial charge on any atom is -0.378 e. The van der Waals surface area contributed by atoms with Crippen molar-refractivity contribution in [3.05, 3.63) is 53.2 Å². The largest absolute Gasteiger partial charge is 0.378 e. The smallest absolute Gasteiger partial charge is 0.140 e. The van der Waals surface area contributed by atoms with Gasteiger partial charge < -0.3 is 19.9 Å². The quantitative estimate of drug-likeness (QED) is 0.475. The van der Waals surface area contributed by atoms with Gasteiger partial charge in [-0.05, 0) is 61.2 Å². The van der Waals surface area contributed by atoms with E-state index in [-0.39, 0.29) is 0 Å². The van der Waals surface area contributed by atoms with Gasteiger partial charge in [0.25, 0.3) is 0 Å². The number of rotatable bonds is 3. The van der Waals surface area contributed by atoms with Gasteiger partial charge in [0.2, 0.25) is 0 Å². The van der Waals surface area contributed by atoms with Gasteiger partial charge in [-0.15, -0.1) is 0 Å². The highest BCUT2D eigenvalue weighted by atomic mass is 35.5. The summed E-state index contributed by atoms with van der Waals surface area (Å²) in [5.41, 5.74) is 6.56. The number of fused-ring (bicyclic) bond motifs is 2. The van der Waals surface area contributed by atoms with E-state index in [0.717, 1.165) is 79.1 Å². The van der Waals surface area contributed by atoms with E-state index in [9.17, 15) is 0 Å². The number of H-pyrrole nitrogens is 1. The number of nitrogens with zero attached hydrogens (tertiary/aromatic N) is 3. The molecule has 7 heteroatoms. The third-order valence-electron chi connectivity index (χ3n) is 6.67. The number of hydrogen-bond donors (Lipinski definition) is 2. The molecule has 0 saturated carbocycles. The second-order valence-corrected chi connectivity index (χ2v) is 9.11. The van der Waals surface area contributed by atoms with Crippen molar-refractivity contribution >= 4 is 39.2 Å². The zero-order chi connectivity index (χ0) is 21.5. The maximum absolute atomic E-state index is 6.26. The highest BCUT2D eigenvalue weighted by Crippen LogP contribution is 2.37. The Morgan fingerprint density at radius 1 is 1.06 bits per heavy atom. The Bertz CT molecular complexity index is 1270. The first kappa shape index (κ1) is 20.0. The number of piperidine rings is 1. The molecule has 0 aliphatic carbocycles. The summed E-state index contributed by atoms with van der Waals surface area (Å²) in [4.78, 5) is 15.7. The molecule has 6 nitrogen and oxygen atoms in total. The number of benzene rings is 2. The molecule has 4 aromatic rings. The number of aromatic nitrogens is 3. The lowest BCUT2D eigenvalue weighted by Crippen LogP contribution is -2.36. The summed E-state index contributed by atoms with van der Waals surface area (Å²) in [6, 6.07) is 12.5. The molecular formula is C25H26ClN5O. The Labute approximate surface area is 191 Å². The molecule has 6 rings (SSSR count). The van der Waals surface area contributed by atoms with Crippen LogP contribution in [0.5, 0.6) is 0 Å². The molecule has 4 heterocycles. The first-order valence-corrected chi connectivity index (χ1v) is 11.8. The molecule has 0 spiro atoms. The van der Waals surface area contributed by atoms with Crippen LogP contribution in [-0.4, -0.2) is 54.3 Å². The van der Waals surface area contributed by atoms with Crippen molar-refractivity contribution < 1.29 is 4.74 Å². The van der Waals surface area contributed by atoms with E-state index in [2.05, 4.69) is 39.5 Å². The standard InChI is InChI=1S/C25H26ClN5O/c26-17-3-5-19-22(12-17)28-15-20(24(19)16-2-1-7-27-14-16)25-29-21-6-4-18(13-23(21)30-25)31-8-10-32-11-9-31/h3-6,12-13,15-16,27H,1-2,7-11,14H2,(H,29,30). The molecular weight excluding hydrogens is 422 g/mol. The highest BCUT2D eigenvalue weighted by molar-refractivity contribution is 6.31. The molecule has 0 radical (unpaired) electrons. The second kappa shape index (κ2) is 8.35. The topological polar surface area (TPSA) is 66.1 Å². The Hall–Kier alpha value is -2.67. The molecule has 32 heavy (non-hydrogen) atoms. The van der Waals surface area contributed by atoms with Crippen LogP contribution < -0.4 is 10.2 Å². The van der Waals surface area contributed by atoms with Crippen molar-refractivity contribution in [2.45, 2.75) is 18.8 Å². The number of anilines is 1. The summed E-state index contributed by atoms with van der Waals surface area (Å²) in [7, 11) is 0. The van der Waals surface area contributed by atoms with E-state index >= 15 is 0 Å². The van der Waals surface area contributed by atoms with Crippen molar-refractivity contribution in [3.63, 3.8) is 0 Å². The highest BCUT2D eigenvalue weighted by Gasteiger charge is 2.24. The third kappa shape index (κ3) is 3.62. The average Bonchev–Trinajstić information content (AvgIpc) is 3.27. The van der Waals surface area contributed by atoms with Gasteiger partial charge in [-0.2, -0.15) is 0 Å². The second-order valence-electron chi connectivity index (χ2n) is 8.68. The molecule has 1 atom stereocenters. The van der Waals surface area contributed by atoms with Gasteiger partial charge in [0.05, 0.1) is 29.8 Å². The number of nitrogens with one attached hydrogen (secondary N) is 2. The lowest BCUT2D eigenvalue weighted by Gasteiger charge is -2.28. The van der Waals surface area contributed by atoms with Gasteiger partial charge in [0, 0.05) is 47.5 Å². The lowest BCUT2D eigenvalue weighted by molar-refractivity contribution is 0.122. The summed E-state index contributed by atoms with van der Waals surface area (Å²) < 4.78 is 5.50. The summed E-state index contributed by atoms with van der Waals surface area (Å²) in [6.45, 7) is 5.44. The number of aromatic amines is 1. The van der Waals surface area contributed by atoms with Crippen molar-refractivity contribution in [1.29, 1.82) is 0 Å². The zero-order valence-electron chi connectivity index (χ0n) is 17.9. The van der Waals surface area contributed by atoms with Crippen LogP contribution >= 0.6 is 11.6 Å². The summed E-state index contributed by atoms with van der Waals surface area (Å²) in [6.07, 6.45) is 4.29. The number of halogens is 1. The van der Waals surface area contributed by atoms with Crippen LogP contribution in [0.3, 0.4) is 0 Å². The normalized spacial score (nSPS) is 19.7. The molecule has 2 aromatic carbocycles. The first-order valence-electron chi connectivity index (χ1n) is 11.4. The number of ether oxygens (including phenoxy) is 1. The first-order chi connectivity index (χ1) is 15.8. The Kier molecular flexibility index (Phi) is 5.21. The van der Waals surface area contributed by atoms with Gasteiger partial charge in [-0.3, -0.25) is 4.98 Å². The molecule has 1 unspecified atom stereocenters. The summed E-state index contributed by atoms with van der Waals surface area (Å²) in [5, 5.41) is 5.44. The van der Waals surface area contributed by atoms with Gasteiger partial charge in [-0.1, -0.05) is 17.7 Å². The molecule has 2 aliphatic heterocycles. The van der Waals surface area contributed by atoms with E-state index < -0.39 is 0 Å². The van der Waals surface area contributed by atoms with Crippen LogP contribution in [0.4, 0.5) is 5.69 Å². The molecule has 0 bridgehead atoms. The van der Waals surface area contributed by atoms with Gasteiger partial charge >= 0.3 is 0 Å². The number of hydrogen-bond acceptors (Lipinski definition) is 5. The van der Waals surface area contributed by atoms with Crippen LogP contribution in [0, 0.1) is 0 Å². The molecule has 2 saturated heterocycles. The van der Waals surface area contributed by atoms with Crippen LogP contribution in [0.25, 0.3) is 33.3 Å². The molecule has 0 amide bonds. The van der Waals surface area contributed by atoms with Crippen molar-refractivity contribution in [2.75, 3.05) is 44.3 Å². The molecule has 164 valence electrons. The monoisotopic (exact) mass is 447 g/mol. The van der Waals surface area contributed by atoms with Crippen molar-refractivity contribution in [3.8, 4) is 11.4 Å². The van der Waals surface area contributed by atoms with E-state index in [1.165, 1.54) is 17.7 Å². The van der Waals surface area contributed by atoms with Crippen LogP contribution in [-0.2, 0) is 4.74 Å². The average molecular weight is 448 g/mol.